The zero-order valence-electron chi connectivity index (χ0n) is 16.2. The molecule has 0 saturated carbocycles. The second-order valence-electron chi connectivity index (χ2n) is 6.95. The molecule has 0 aliphatic heterocycles. The lowest BCUT2D eigenvalue weighted by molar-refractivity contribution is 0.0955. The number of amides is 1. The number of nitrogens with zero attached hydrogens (tertiary/aromatic N) is 2. The molecule has 28 heavy (non-hydrogen) atoms. The van der Waals surface area contributed by atoms with Crippen LogP contribution in [0.5, 0.6) is 0 Å². The molecule has 3 aromatic rings. The van der Waals surface area contributed by atoms with Crippen molar-refractivity contribution in [3.8, 4) is 11.4 Å². The van der Waals surface area contributed by atoms with E-state index in [1.54, 1.807) is 6.92 Å². The van der Waals surface area contributed by atoms with Gasteiger partial charge >= 0.3 is 0 Å². The quantitative estimate of drug-likeness (QED) is 0.669. The van der Waals surface area contributed by atoms with Gasteiger partial charge in [0.25, 0.3) is 11.5 Å². The van der Waals surface area contributed by atoms with E-state index in [0.717, 1.165) is 22.9 Å². The molecule has 2 aromatic heterocycles. The lowest BCUT2D eigenvalue weighted by Gasteiger charge is -2.05. The fourth-order valence-corrected chi connectivity index (χ4v) is 3.40. The number of carbonyl (C=O) groups is 1. The number of aromatic nitrogens is 3. The standard InChI is InChI=1S/C19H22N4O4S/c1-11-5-6-14(9-12(11)2)17-21-19(25)16-13(3)15(10-23(16)22-17)18(24)20-7-8-28(4,26)27/h5-6,9-10H,7-8H2,1-4H3,(H,20,24)(H,21,22,25). The average Bonchev–Trinajstić information content (AvgIpc) is 2.93. The summed E-state index contributed by atoms with van der Waals surface area (Å²) in [4.78, 5) is 27.8. The van der Waals surface area contributed by atoms with E-state index in [1.165, 1.54) is 10.7 Å². The Kier molecular flexibility index (Phi) is 5.12. The van der Waals surface area contributed by atoms with Crippen LogP contribution in [0.15, 0.2) is 29.2 Å². The van der Waals surface area contributed by atoms with Gasteiger partial charge in [-0.25, -0.2) is 12.9 Å². The van der Waals surface area contributed by atoms with E-state index in [1.807, 2.05) is 32.0 Å². The van der Waals surface area contributed by atoms with Gasteiger partial charge in [-0.1, -0.05) is 12.1 Å². The summed E-state index contributed by atoms with van der Waals surface area (Å²) in [7, 11) is -3.17. The number of benzene rings is 1. The Morgan fingerprint density at radius 3 is 2.57 bits per heavy atom. The summed E-state index contributed by atoms with van der Waals surface area (Å²) in [5.41, 5.74) is 3.68. The van der Waals surface area contributed by atoms with Gasteiger partial charge in [-0.05, 0) is 43.5 Å². The van der Waals surface area contributed by atoms with Crippen LogP contribution in [0.2, 0.25) is 0 Å². The third-order valence-electron chi connectivity index (χ3n) is 4.68. The van der Waals surface area contributed by atoms with E-state index in [9.17, 15) is 18.0 Å². The summed E-state index contributed by atoms with van der Waals surface area (Å²) >= 11 is 0. The number of H-pyrrole nitrogens is 1. The van der Waals surface area contributed by atoms with E-state index in [4.69, 9.17) is 0 Å². The predicted molar refractivity (Wildman–Crippen MR) is 108 cm³/mol. The van der Waals surface area contributed by atoms with Crippen molar-refractivity contribution >= 4 is 21.3 Å². The molecule has 9 heteroatoms. The van der Waals surface area contributed by atoms with Crippen LogP contribution >= 0.6 is 0 Å². The van der Waals surface area contributed by atoms with Crippen LogP contribution in [0.25, 0.3) is 16.9 Å². The minimum atomic E-state index is -3.17. The van der Waals surface area contributed by atoms with E-state index in [0.29, 0.717) is 11.4 Å². The molecule has 3 rings (SSSR count). The van der Waals surface area contributed by atoms with Gasteiger partial charge in [-0.3, -0.25) is 9.59 Å². The highest BCUT2D eigenvalue weighted by Crippen LogP contribution is 2.19. The van der Waals surface area contributed by atoms with Crippen molar-refractivity contribution < 1.29 is 13.2 Å². The maximum absolute atomic E-state index is 12.6. The largest absolute Gasteiger partial charge is 0.351 e. The van der Waals surface area contributed by atoms with Gasteiger partial charge in [0.1, 0.15) is 15.4 Å². The zero-order chi connectivity index (χ0) is 20.6. The highest BCUT2D eigenvalue weighted by atomic mass is 32.2. The molecule has 0 saturated heterocycles. The van der Waals surface area contributed by atoms with Crippen molar-refractivity contribution in [1.29, 1.82) is 0 Å². The zero-order valence-corrected chi connectivity index (χ0v) is 17.0. The lowest BCUT2D eigenvalue weighted by atomic mass is 10.1. The molecule has 0 radical (unpaired) electrons. The minimum absolute atomic E-state index is 0.000970. The second kappa shape index (κ2) is 7.23. The maximum atomic E-state index is 12.6. The molecule has 0 aliphatic carbocycles. The Balaban J connectivity index is 1.98. The number of sulfone groups is 1. The lowest BCUT2D eigenvalue weighted by Crippen LogP contribution is -2.28. The van der Waals surface area contributed by atoms with Crippen molar-refractivity contribution in [3.05, 3.63) is 57.0 Å². The summed E-state index contributed by atoms with van der Waals surface area (Å²) in [5, 5.41) is 7.01. The van der Waals surface area contributed by atoms with Crippen LogP contribution in [0.1, 0.15) is 27.0 Å². The number of carbonyl (C=O) groups excluding carboxylic acids is 1. The molecule has 0 bridgehead atoms. The van der Waals surface area contributed by atoms with Crippen LogP contribution in [0, 0.1) is 20.8 Å². The fraction of sp³-hybridized carbons (Fsp3) is 0.316. The normalized spacial score (nSPS) is 11.7. The first-order valence-electron chi connectivity index (χ1n) is 8.72. The predicted octanol–water partition coefficient (Wildman–Crippen LogP) is 1.39. The second-order valence-corrected chi connectivity index (χ2v) is 9.21. The topological polar surface area (TPSA) is 113 Å². The van der Waals surface area contributed by atoms with E-state index >= 15 is 0 Å². The number of hydrogen-bond acceptors (Lipinski definition) is 5. The van der Waals surface area contributed by atoms with Crippen molar-refractivity contribution in [3.63, 3.8) is 0 Å². The number of aryl methyl sites for hydroxylation is 3. The summed E-state index contributed by atoms with van der Waals surface area (Å²) in [6.07, 6.45) is 2.59. The van der Waals surface area contributed by atoms with Gasteiger partial charge in [-0.15, -0.1) is 5.10 Å². The Morgan fingerprint density at radius 1 is 1.21 bits per heavy atom. The Bertz CT molecular complexity index is 1240. The van der Waals surface area contributed by atoms with Crippen molar-refractivity contribution in [1.82, 2.24) is 19.9 Å². The number of fused-ring (bicyclic) bond motifs is 1. The molecule has 0 unspecified atom stereocenters. The number of aromatic amines is 1. The highest BCUT2D eigenvalue weighted by molar-refractivity contribution is 7.90. The Morgan fingerprint density at radius 2 is 1.93 bits per heavy atom. The van der Waals surface area contributed by atoms with Crippen molar-refractivity contribution in [2.45, 2.75) is 20.8 Å². The van der Waals surface area contributed by atoms with Crippen LogP contribution in [-0.2, 0) is 9.84 Å². The van der Waals surface area contributed by atoms with E-state index in [2.05, 4.69) is 15.4 Å². The molecule has 1 aromatic carbocycles. The average molecular weight is 402 g/mol. The van der Waals surface area contributed by atoms with Gasteiger partial charge in [0.2, 0.25) is 0 Å². The van der Waals surface area contributed by atoms with Gasteiger partial charge in [0.05, 0.1) is 11.3 Å². The van der Waals surface area contributed by atoms with Crippen LogP contribution in [0.3, 0.4) is 0 Å². The molecular formula is C19H22N4O4S. The monoisotopic (exact) mass is 402 g/mol. The number of nitrogens with one attached hydrogen (secondary N) is 2. The van der Waals surface area contributed by atoms with E-state index in [-0.39, 0.29) is 28.9 Å². The number of rotatable bonds is 5. The maximum Gasteiger partial charge on any atom is 0.275 e. The van der Waals surface area contributed by atoms with Gasteiger partial charge < -0.3 is 10.3 Å². The molecule has 148 valence electrons. The molecule has 1 amide bonds. The van der Waals surface area contributed by atoms with Crippen LogP contribution in [-0.4, -0.2) is 47.5 Å². The molecule has 2 N–H and O–H groups in total. The highest BCUT2D eigenvalue weighted by Gasteiger charge is 2.18. The molecule has 0 atom stereocenters. The molecule has 0 aliphatic rings. The van der Waals surface area contributed by atoms with E-state index < -0.39 is 15.7 Å². The fourth-order valence-electron chi connectivity index (χ4n) is 2.93. The molecule has 0 fully saturated rings. The van der Waals surface area contributed by atoms with Gasteiger partial charge in [0, 0.05) is 24.6 Å². The first kappa shape index (κ1) is 19.8. The van der Waals surface area contributed by atoms with Crippen LogP contribution < -0.4 is 10.9 Å². The summed E-state index contributed by atoms with van der Waals surface area (Å²) in [5.74, 6) is -0.195. The molecule has 2 heterocycles. The Hall–Kier alpha value is -2.94. The first-order chi connectivity index (χ1) is 13.1. The Labute approximate surface area is 162 Å². The smallest absolute Gasteiger partial charge is 0.275 e. The van der Waals surface area contributed by atoms with Crippen LogP contribution in [0.4, 0.5) is 0 Å². The summed E-state index contributed by atoms with van der Waals surface area (Å²) in [6, 6.07) is 5.77. The van der Waals surface area contributed by atoms with Gasteiger partial charge in [0.15, 0.2) is 5.82 Å². The summed E-state index contributed by atoms with van der Waals surface area (Å²) < 4.78 is 23.8. The third kappa shape index (κ3) is 3.99. The minimum Gasteiger partial charge on any atom is -0.351 e. The first-order valence-corrected chi connectivity index (χ1v) is 10.8. The van der Waals surface area contributed by atoms with Gasteiger partial charge in [-0.2, -0.15) is 0 Å². The van der Waals surface area contributed by atoms with Crippen molar-refractivity contribution in [2.24, 2.45) is 0 Å². The molecular weight excluding hydrogens is 380 g/mol. The number of hydrogen-bond donors (Lipinski definition) is 2. The summed E-state index contributed by atoms with van der Waals surface area (Å²) in [6.45, 7) is 5.64. The molecule has 8 nitrogen and oxygen atoms in total. The molecule has 0 spiro atoms. The third-order valence-corrected chi connectivity index (χ3v) is 5.62. The van der Waals surface area contributed by atoms with Crippen molar-refractivity contribution in [2.75, 3.05) is 18.6 Å². The SMILES string of the molecule is Cc1ccc(-c2nn3cc(C(=O)NCCS(C)(=O)=O)c(C)c3c(=O)[nH]2)cc1C.